The van der Waals surface area contributed by atoms with Crippen LogP contribution in [0.3, 0.4) is 0 Å². The van der Waals surface area contributed by atoms with Gasteiger partial charge in [0.25, 0.3) is 0 Å². The van der Waals surface area contributed by atoms with Crippen molar-refractivity contribution < 1.29 is 0 Å². The van der Waals surface area contributed by atoms with Crippen molar-refractivity contribution in [1.82, 2.24) is 9.55 Å². The third-order valence-corrected chi connectivity index (χ3v) is 1.75. The molecule has 1 aromatic heterocycles. The van der Waals surface area contributed by atoms with Crippen molar-refractivity contribution in [3.8, 4) is 0 Å². The van der Waals surface area contributed by atoms with Crippen molar-refractivity contribution in [2.24, 2.45) is 0 Å². The minimum atomic E-state index is 0.522. The second-order valence-corrected chi connectivity index (χ2v) is 2.66. The molecule has 0 fully saturated rings. The number of nitrogens with zero attached hydrogens (tertiary/aromatic N) is 2. The standard InChI is InChI=1S/C9H14N2/c1-3-4-5-9(2)11-7-6-10-8-11/h3-4,6-9H,5H2,1-2H3/b4-3+/t9-/m0/s1. The summed E-state index contributed by atoms with van der Waals surface area (Å²) in [7, 11) is 0. The highest BCUT2D eigenvalue weighted by atomic mass is 15.0. The predicted molar refractivity (Wildman–Crippen MR) is 46.4 cm³/mol. The molecule has 0 aliphatic carbocycles. The van der Waals surface area contributed by atoms with Gasteiger partial charge in [-0.05, 0) is 20.3 Å². The molecule has 0 N–H and O–H groups in total. The van der Waals surface area contributed by atoms with E-state index in [4.69, 9.17) is 0 Å². The van der Waals surface area contributed by atoms with Crippen molar-refractivity contribution in [1.29, 1.82) is 0 Å². The molecular formula is C9H14N2. The quantitative estimate of drug-likeness (QED) is 0.605. The molecule has 0 bridgehead atoms. The SMILES string of the molecule is C/C=C/C[C@H](C)n1ccnc1. The van der Waals surface area contributed by atoms with Gasteiger partial charge >= 0.3 is 0 Å². The summed E-state index contributed by atoms with van der Waals surface area (Å²) in [5.74, 6) is 0. The fourth-order valence-corrected chi connectivity index (χ4v) is 0.985. The Hall–Kier alpha value is -1.05. The van der Waals surface area contributed by atoms with Crippen molar-refractivity contribution in [2.75, 3.05) is 0 Å². The first-order valence-electron chi connectivity index (χ1n) is 3.93. The second-order valence-electron chi connectivity index (χ2n) is 2.66. The average molecular weight is 150 g/mol. The molecule has 1 heterocycles. The van der Waals surface area contributed by atoms with Crippen LogP contribution in [0.15, 0.2) is 30.9 Å². The van der Waals surface area contributed by atoms with Gasteiger partial charge in [-0.1, -0.05) is 12.2 Å². The van der Waals surface area contributed by atoms with Gasteiger partial charge in [0, 0.05) is 18.4 Å². The van der Waals surface area contributed by atoms with Crippen LogP contribution >= 0.6 is 0 Å². The summed E-state index contributed by atoms with van der Waals surface area (Å²) >= 11 is 0. The number of rotatable bonds is 3. The van der Waals surface area contributed by atoms with Crippen molar-refractivity contribution in [2.45, 2.75) is 26.3 Å². The van der Waals surface area contributed by atoms with Crippen LogP contribution in [0.2, 0.25) is 0 Å². The molecule has 2 heteroatoms. The lowest BCUT2D eigenvalue weighted by Gasteiger charge is -2.08. The summed E-state index contributed by atoms with van der Waals surface area (Å²) < 4.78 is 2.11. The summed E-state index contributed by atoms with van der Waals surface area (Å²) in [4.78, 5) is 3.99. The molecule has 2 nitrogen and oxygen atoms in total. The van der Waals surface area contributed by atoms with Gasteiger partial charge in [-0.2, -0.15) is 0 Å². The molecule has 0 saturated heterocycles. The van der Waals surface area contributed by atoms with Crippen LogP contribution in [0.1, 0.15) is 26.3 Å². The summed E-state index contributed by atoms with van der Waals surface area (Å²) in [5, 5.41) is 0. The highest BCUT2D eigenvalue weighted by Gasteiger charge is 1.98. The molecule has 0 amide bonds. The zero-order valence-corrected chi connectivity index (χ0v) is 7.07. The molecule has 1 atom stereocenters. The monoisotopic (exact) mass is 150 g/mol. The van der Waals surface area contributed by atoms with Crippen LogP contribution in [0.25, 0.3) is 0 Å². The smallest absolute Gasteiger partial charge is 0.0948 e. The van der Waals surface area contributed by atoms with Gasteiger partial charge in [-0.25, -0.2) is 4.98 Å². The number of aromatic nitrogens is 2. The van der Waals surface area contributed by atoms with Gasteiger partial charge < -0.3 is 4.57 Å². The Morgan fingerprint density at radius 3 is 3.00 bits per heavy atom. The molecule has 11 heavy (non-hydrogen) atoms. The number of hydrogen-bond acceptors (Lipinski definition) is 1. The van der Waals surface area contributed by atoms with E-state index >= 15 is 0 Å². The second kappa shape index (κ2) is 3.96. The van der Waals surface area contributed by atoms with Crippen molar-refractivity contribution >= 4 is 0 Å². The first kappa shape index (κ1) is 8.05. The van der Waals surface area contributed by atoms with Crippen LogP contribution < -0.4 is 0 Å². The summed E-state index contributed by atoms with van der Waals surface area (Å²) in [6.45, 7) is 4.22. The lowest BCUT2D eigenvalue weighted by molar-refractivity contribution is 0.554. The number of imidazole rings is 1. The molecule has 0 saturated carbocycles. The highest BCUT2D eigenvalue weighted by molar-refractivity contribution is 4.85. The maximum Gasteiger partial charge on any atom is 0.0948 e. The normalized spacial score (nSPS) is 14.0. The zero-order chi connectivity index (χ0) is 8.10. The highest BCUT2D eigenvalue weighted by Crippen LogP contribution is 2.09. The van der Waals surface area contributed by atoms with E-state index in [9.17, 15) is 0 Å². The van der Waals surface area contributed by atoms with Crippen LogP contribution in [-0.4, -0.2) is 9.55 Å². The Morgan fingerprint density at radius 1 is 1.64 bits per heavy atom. The Balaban J connectivity index is 2.49. The van der Waals surface area contributed by atoms with Crippen LogP contribution in [-0.2, 0) is 0 Å². The van der Waals surface area contributed by atoms with Crippen molar-refractivity contribution in [3.63, 3.8) is 0 Å². The number of allylic oxidation sites excluding steroid dienone is 2. The fourth-order valence-electron chi connectivity index (χ4n) is 0.985. The van der Waals surface area contributed by atoms with Gasteiger partial charge in [0.05, 0.1) is 6.33 Å². The van der Waals surface area contributed by atoms with Crippen LogP contribution in [0.5, 0.6) is 0 Å². The largest absolute Gasteiger partial charge is 0.334 e. The molecule has 0 aliphatic heterocycles. The van der Waals surface area contributed by atoms with Gasteiger partial charge in [-0.15, -0.1) is 0 Å². The van der Waals surface area contributed by atoms with E-state index in [1.807, 2.05) is 25.6 Å². The molecular weight excluding hydrogens is 136 g/mol. The minimum Gasteiger partial charge on any atom is -0.334 e. The zero-order valence-electron chi connectivity index (χ0n) is 7.07. The Labute approximate surface area is 67.6 Å². The maximum absolute atomic E-state index is 3.99. The summed E-state index contributed by atoms with van der Waals surface area (Å²) in [6.07, 6.45) is 11.0. The molecule has 0 unspecified atom stereocenters. The van der Waals surface area contributed by atoms with E-state index < -0.39 is 0 Å². The molecule has 1 rings (SSSR count). The van der Waals surface area contributed by atoms with Gasteiger partial charge in [0.15, 0.2) is 0 Å². The van der Waals surface area contributed by atoms with E-state index in [1.165, 1.54) is 0 Å². The van der Waals surface area contributed by atoms with E-state index in [0.717, 1.165) is 6.42 Å². The third kappa shape index (κ3) is 2.22. The van der Waals surface area contributed by atoms with E-state index in [-0.39, 0.29) is 0 Å². The Morgan fingerprint density at radius 2 is 2.45 bits per heavy atom. The summed E-state index contributed by atoms with van der Waals surface area (Å²) in [6, 6.07) is 0.522. The molecule has 0 spiro atoms. The Bertz CT molecular complexity index is 211. The molecule has 0 aliphatic rings. The lowest BCUT2D eigenvalue weighted by atomic mass is 10.2. The van der Waals surface area contributed by atoms with E-state index in [2.05, 4.69) is 28.6 Å². The van der Waals surface area contributed by atoms with Crippen molar-refractivity contribution in [3.05, 3.63) is 30.9 Å². The summed E-state index contributed by atoms with van der Waals surface area (Å²) in [5.41, 5.74) is 0. The van der Waals surface area contributed by atoms with Gasteiger partial charge in [-0.3, -0.25) is 0 Å². The molecule has 0 aromatic carbocycles. The first-order valence-corrected chi connectivity index (χ1v) is 3.93. The number of hydrogen-bond donors (Lipinski definition) is 0. The van der Waals surface area contributed by atoms with Crippen LogP contribution in [0.4, 0.5) is 0 Å². The molecule has 60 valence electrons. The predicted octanol–water partition coefficient (Wildman–Crippen LogP) is 2.41. The van der Waals surface area contributed by atoms with Crippen LogP contribution in [0, 0.1) is 0 Å². The molecule has 1 aromatic rings. The third-order valence-electron chi connectivity index (χ3n) is 1.75. The fraction of sp³-hybridized carbons (Fsp3) is 0.444. The first-order chi connectivity index (χ1) is 5.34. The molecule has 0 radical (unpaired) electrons. The van der Waals surface area contributed by atoms with E-state index in [1.54, 1.807) is 0 Å². The van der Waals surface area contributed by atoms with E-state index in [0.29, 0.717) is 6.04 Å². The van der Waals surface area contributed by atoms with Gasteiger partial charge in [0.2, 0.25) is 0 Å². The minimum absolute atomic E-state index is 0.522. The lowest BCUT2D eigenvalue weighted by Crippen LogP contribution is -2.00. The maximum atomic E-state index is 3.99. The Kier molecular flexibility index (Phi) is 2.90. The topological polar surface area (TPSA) is 17.8 Å². The average Bonchev–Trinajstić information content (AvgIpc) is 2.52. The van der Waals surface area contributed by atoms with Gasteiger partial charge in [0.1, 0.15) is 0 Å².